The maximum Gasteiger partial charge on any atom is 0.317 e. The van der Waals surface area contributed by atoms with Gasteiger partial charge in [-0.3, -0.25) is 53.2 Å². The Labute approximate surface area is 412 Å². The van der Waals surface area contributed by atoms with Crippen molar-refractivity contribution in [1.82, 2.24) is 35.6 Å². The average Bonchev–Trinajstić information content (AvgIpc) is 3.31. The number of nitrogens with two attached hydrogens (primary N) is 1. The van der Waals surface area contributed by atoms with Gasteiger partial charge >= 0.3 is 17.9 Å². The predicted octanol–water partition coefficient (Wildman–Crippen LogP) is -7.63. The predicted molar refractivity (Wildman–Crippen MR) is 246 cm³/mol. The van der Waals surface area contributed by atoms with Crippen LogP contribution < -0.4 is 21.7 Å². The summed E-state index contributed by atoms with van der Waals surface area (Å²) in [6.07, 6.45) is -7.84. The van der Waals surface area contributed by atoms with Gasteiger partial charge in [-0.2, -0.15) is 0 Å². The van der Waals surface area contributed by atoms with Crippen LogP contribution in [0, 0.1) is 0 Å². The second kappa shape index (κ2) is 40.2. The summed E-state index contributed by atoms with van der Waals surface area (Å²) in [5.74, 6) is -5.85. The first-order valence-electron chi connectivity index (χ1n) is 23.4. The van der Waals surface area contributed by atoms with Crippen molar-refractivity contribution in [3.8, 4) is 0 Å². The quantitative estimate of drug-likeness (QED) is 0.0254. The molecule has 1 aliphatic heterocycles. The number of carboxylic acids is 3. The molecule has 1 saturated heterocycles. The van der Waals surface area contributed by atoms with Crippen LogP contribution in [0.25, 0.3) is 0 Å². The lowest BCUT2D eigenvalue weighted by Gasteiger charge is -2.33. The number of nitrogens with zero attached hydrogens (tertiary/aromatic N) is 4. The van der Waals surface area contributed by atoms with Crippen molar-refractivity contribution in [3.63, 3.8) is 0 Å². The van der Waals surface area contributed by atoms with Gasteiger partial charge in [-0.1, -0.05) is 0 Å². The maximum absolute atomic E-state index is 13.6. The smallest absolute Gasteiger partial charge is 0.317 e. The van der Waals surface area contributed by atoms with Gasteiger partial charge in [0.05, 0.1) is 118 Å². The van der Waals surface area contributed by atoms with Crippen molar-refractivity contribution in [3.05, 3.63) is 0 Å². The molecule has 0 aromatic carbocycles. The number of carbonyl (C=O) groups is 7. The lowest BCUT2D eigenvalue weighted by Crippen LogP contribution is -2.52. The van der Waals surface area contributed by atoms with Crippen LogP contribution in [0.2, 0.25) is 0 Å². The number of aliphatic hydroxyl groups excluding tert-OH is 5. The van der Waals surface area contributed by atoms with Crippen molar-refractivity contribution in [2.75, 3.05) is 178 Å². The number of hydrogen-bond acceptors (Lipinski definition) is 22. The van der Waals surface area contributed by atoms with E-state index < -0.39 is 85.1 Å². The van der Waals surface area contributed by atoms with Crippen LogP contribution in [0.3, 0.4) is 0 Å². The minimum Gasteiger partial charge on any atom is -0.480 e. The number of hydrogen-bond donors (Lipinski definition) is 12. The second-order valence-electron chi connectivity index (χ2n) is 16.2. The molecule has 1 heterocycles. The van der Waals surface area contributed by atoms with Crippen LogP contribution >= 0.6 is 0 Å². The van der Waals surface area contributed by atoms with E-state index >= 15 is 0 Å². The van der Waals surface area contributed by atoms with E-state index in [0.717, 1.165) is 0 Å². The van der Waals surface area contributed by atoms with Gasteiger partial charge in [-0.15, -0.1) is 0 Å². The molecular weight excluding hydrogens is 952 g/mol. The molecule has 4 amide bonds. The molecule has 1 fully saturated rings. The van der Waals surface area contributed by atoms with Crippen molar-refractivity contribution in [1.29, 1.82) is 0 Å². The molecule has 1 aliphatic rings. The number of carbonyl (C=O) groups excluding carboxylic acids is 4. The fourth-order valence-corrected chi connectivity index (χ4v) is 6.51. The van der Waals surface area contributed by atoms with Crippen molar-refractivity contribution in [2.24, 2.45) is 5.73 Å². The molecule has 0 aromatic heterocycles. The monoisotopic (exact) mass is 1030 g/mol. The largest absolute Gasteiger partial charge is 0.480 e. The Morgan fingerprint density at radius 2 is 0.845 bits per heavy atom. The van der Waals surface area contributed by atoms with Gasteiger partial charge in [0.25, 0.3) is 0 Å². The van der Waals surface area contributed by atoms with E-state index in [0.29, 0.717) is 46.2 Å². The molecule has 412 valence electrons. The van der Waals surface area contributed by atoms with Gasteiger partial charge in [0.1, 0.15) is 24.4 Å². The zero-order valence-corrected chi connectivity index (χ0v) is 40.4. The number of carboxylic acid groups (broad SMARTS) is 3. The summed E-state index contributed by atoms with van der Waals surface area (Å²) in [6, 6.07) is -1.29. The van der Waals surface area contributed by atoms with Crippen LogP contribution in [0.4, 0.5) is 0 Å². The van der Waals surface area contributed by atoms with Crippen molar-refractivity contribution >= 4 is 41.5 Å². The van der Waals surface area contributed by atoms with Crippen LogP contribution in [-0.2, 0) is 62.0 Å². The van der Waals surface area contributed by atoms with Crippen molar-refractivity contribution in [2.45, 2.75) is 49.7 Å². The normalized spacial score (nSPS) is 16.9. The van der Waals surface area contributed by atoms with Crippen LogP contribution in [0.1, 0.15) is 19.3 Å². The number of nitrogens with one attached hydrogen (secondary N) is 3. The molecule has 71 heavy (non-hydrogen) atoms. The highest BCUT2D eigenvalue weighted by Gasteiger charge is 2.31. The van der Waals surface area contributed by atoms with E-state index in [1.165, 1.54) is 0 Å². The maximum atomic E-state index is 13.6. The third kappa shape index (κ3) is 34.7. The number of amides is 4. The Kier molecular flexibility index (Phi) is 36.6. The zero-order valence-electron chi connectivity index (χ0n) is 40.4. The summed E-state index contributed by atoms with van der Waals surface area (Å²) in [5.41, 5.74) is 5.03. The summed E-state index contributed by atoms with van der Waals surface area (Å²) >= 11 is 0. The summed E-state index contributed by atoms with van der Waals surface area (Å²) in [5, 5.41) is 84.9. The molecule has 29 heteroatoms. The van der Waals surface area contributed by atoms with E-state index in [9.17, 15) is 69.3 Å². The van der Waals surface area contributed by atoms with E-state index in [4.69, 9.17) is 39.3 Å². The molecule has 29 nitrogen and oxygen atoms in total. The number of ether oxygens (including phenoxy) is 6. The molecule has 0 aromatic rings. The van der Waals surface area contributed by atoms with E-state index in [1.54, 1.807) is 19.6 Å². The fraction of sp³-hybridized carbons (Fsp3) is 0.833. The molecule has 0 unspecified atom stereocenters. The highest BCUT2D eigenvalue weighted by Crippen LogP contribution is 2.07. The van der Waals surface area contributed by atoms with Crippen molar-refractivity contribution < 1.29 is 103 Å². The summed E-state index contributed by atoms with van der Waals surface area (Å²) < 4.78 is 32.4. The van der Waals surface area contributed by atoms with Gasteiger partial charge in [-0.25, -0.2) is 0 Å². The Hall–Kier alpha value is -4.31. The van der Waals surface area contributed by atoms with Crippen LogP contribution in [-0.4, -0.2) is 310 Å². The minimum absolute atomic E-state index is 0.00275. The number of primary amides is 1. The summed E-state index contributed by atoms with van der Waals surface area (Å²) in [6.45, 7) is 1.71. The van der Waals surface area contributed by atoms with Crippen LogP contribution in [0.15, 0.2) is 0 Å². The molecule has 0 aliphatic carbocycles. The molecule has 0 bridgehead atoms. The van der Waals surface area contributed by atoms with Gasteiger partial charge in [0.15, 0.2) is 0 Å². The number of aliphatic carboxylic acids is 3. The Balaban J connectivity index is 2.76. The number of rotatable bonds is 40. The van der Waals surface area contributed by atoms with E-state index in [-0.39, 0.29) is 137 Å². The van der Waals surface area contributed by atoms with Gasteiger partial charge in [-0.05, 0) is 6.42 Å². The Morgan fingerprint density at radius 1 is 0.479 bits per heavy atom. The summed E-state index contributed by atoms with van der Waals surface area (Å²) in [7, 11) is 0. The molecule has 1 rings (SSSR count). The second-order valence-corrected chi connectivity index (χ2v) is 16.2. The third-order valence-corrected chi connectivity index (χ3v) is 10.4. The van der Waals surface area contributed by atoms with Crippen LogP contribution in [0.5, 0.6) is 0 Å². The van der Waals surface area contributed by atoms with Gasteiger partial charge in [0.2, 0.25) is 23.6 Å². The Morgan fingerprint density at radius 3 is 1.23 bits per heavy atom. The topological polar surface area (TPSA) is 412 Å². The molecule has 13 N–H and O–H groups in total. The molecule has 0 spiro atoms. The number of aliphatic hydroxyl groups is 5. The zero-order chi connectivity index (χ0) is 52.8. The molecule has 0 radical (unpaired) electrons. The molecule has 5 atom stereocenters. The lowest BCUT2D eigenvalue weighted by molar-refractivity contribution is -0.140. The Bertz CT molecular complexity index is 1490. The van der Waals surface area contributed by atoms with Gasteiger partial charge < -0.3 is 91.0 Å². The SMILES string of the molecule is NC(=O)CCOCCOCCOCCOCCOCCOCCNC(=O)[C@@H](CCC(=O)NC[C@H](O)[C@@H](O)[C@H](O)[C@H](O)CO)NC(=O)CN1CCN(CC(=O)O)CCN(CC(=O)O)CCN(CC(=O)O)CC1. The van der Waals surface area contributed by atoms with E-state index in [2.05, 4.69) is 16.0 Å². The van der Waals surface area contributed by atoms with Gasteiger partial charge in [0, 0.05) is 78.3 Å². The lowest BCUT2D eigenvalue weighted by atomic mass is 10.0. The highest BCUT2D eigenvalue weighted by molar-refractivity contribution is 5.89. The minimum atomic E-state index is -1.93. The first kappa shape index (κ1) is 64.7. The first-order chi connectivity index (χ1) is 33.9. The highest BCUT2D eigenvalue weighted by atomic mass is 16.6. The average molecular weight is 1030 g/mol. The molecular formula is C42H78N8O21. The fourth-order valence-electron chi connectivity index (χ4n) is 6.51. The van der Waals surface area contributed by atoms with E-state index in [1.807, 2.05) is 0 Å². The standard InChI is InChI=1S/C42H78N8O21/c43-34(54)3-13-66-15-17-68-19-21-70-23-24-71-22-20-69-18-16-67-14-4-44-42(65)31(1-2-35(55)45-25-32(52)40(63)41(64)33(53)30-51)46-36(56)26-47-5-7-48(27-37(57)58)9-11-50(29-39(61)62)12-10-49(8-6-47)28-38(59)60/h31-33,40-41,51-53,63-64H,1-30H2,(H2,43,54)(H,44,65)(H,45,55)(H,46,56)(H,57,58)(H,59,60)(H,61,62)/t31-,32+,33-,40-,41-/m1/s1. The first-order valence-corrected chi connectivity index (χ1v) is 23.4. The summed E-state index contributed by atoms with van der Waals surface area (Å²) in [4.78, 5) is 91.8. The molecule has 0 saturated carbocycles. The third-order valence-electron chi connectivity index (χ3n) is 10.4.